The summed E-state index contributed by atoms with van der Waals surface area (Å²) in [6.45, 7) is 5.32. The van der Waals surface area contributed by atoms with Gasteiger partial charge < -0.3 is 9.47 Å². The first-order valence-corrected chi connectivity index (χ1v) is 6.00. The van der Waals surface area contributed by atoms with Crippen LogP contribution in [0.3, 0.4) is 0 Å². The maximum Gasteiger partial charge on any atom is 0.347 e. The van der Waals surface area contributed by atoms with Crippen molar-refractivity contribution in [1.82, 2.24) is 4.98 Å². The van der Waals surface area contributed by atoms with Crippen molar-refractivity contribution in [2.24, 2.45) is 0 Å². The number of esters is 1. The third kappa shape index (κ3) is 3.10. The lowest BCUT2D eigenvalue weighted by molar-refractivity contribution is -0.149. The fraction of sp³-hybridized carbons (Fsp3) is 0.200. The number of carbonyl (C=O) groups is 1. The molecule has 1 unspecified atom stereocenters. The third-order valence-electron chi connectivity index (χ3n) is 2.57. The number of carbonyl (C=O) groups excluding carboxylic acids is 1. The van der Waals surface area contributed by atoms with Crippen molar-refractivity contribution in [3.05, 3.63) is 49.2 Å². The van der Waals surface area contributed by atoms with Gasteiger partial charge in [-0.1, -0.05) is 30.9 Å². The molecule has 0 aliphatic rings. The van der Waals surface area contributed by atoms with Crippen molar-refractivity contribution in [2.45, 2.75) is 13.0 Å². The summed E-state index contributed by atoms with van der Waals surface area (Å²) in [6.07, 6.45) is 2.52. The summed E-state index contributed by atoms with van der Waals surface area (Å²) < 4.78 is 10.5. The Bertz CT molecular complexity index is 589. The summed E-state index contributed by atoms with van der Waals surface area (Å²) in [5.41, 5.74) is 0.730. The highest BCUT2D eigenvalue weighted by Gasteiger charge is 2.17. The Morgan fingerprint density at radius 3 is 3.00 bits per heavy atom. The van der Waals surface area contributed by atoms with Crippen LogP contribution in [0.2, 0.25) is 0 Å². The minimum absolute atomic E-state index is 0.181. The van der Waals surface area contributed by atoms with E-state index in [1.165, 1.54) is 6.08 Å². The average Bonchev–Trinajstić information content (AvgIpc) is 2.45. The minimum Gasteiger partial charge on any atom is -0.477 e. The van der Waals surface area contributed by atoms with Gasteiger partial charge in [0.15, 0.2) is 6.10 Å². The Balaban J connectivity index is 2.17. The van der Waals surface area contributed by atoms with Gasteiger partial charge in [-0.3, -0.25) is 4.98 Å². The number of ether oxygens (including phenoxy) is 2. The number of para-hydroxylation sites is 1. The van der Waals surface area contributed by atoms with Gasteiger partial charge >= 0.3 is 5.97 Å². The van der Waals surface area contributed by atoms with Crippen molar-refractivity contribution in [1.29, 1.82) is 0 Å². The predicted molar refractivity (Wildman–Crippen MR) is 73.0 cm³/mol. The molecular weight excluding hydrogens is 242 g/mol. The van der Waals surface area contributed by atoms with Gasteiger partial charge in [-0.2, -0.15) is 0 Å². The van der Waals surface area contributed by atoms with E-state index in [2.05, 4.69) is 11.6 Å². The van der Waals surface area contributed by atoms with Gasteiger partial charge in [0.1, 0.15) is 17.9 Å². The Kier molecular flexibility index (Phi) is 4.13. The van der Waals surface area contributed by atoms with Crippen LogP contribution in [0.1, 0.15) is 6.92 Å². The SMILES string of the molecule is C=CCOC(=O)C(C)Oc1cccc2cccnc12. The van der Waals surface area contributed by atoms with E-state index in [0.29, 0.717) is 5.75 Å². The number of nitrogens with zero attached hydrogens (tertiary/aromatic N) is 1. The molecule has 0 spiro atoms. The highest BCUT2D eigenvalue weighted by molar-refractivity contribution is 5.84. The second kappa shape index (κ2) is 6.00. The second-order valence-electron chi connectivity index (χ2n) is 4.01. The van der Waals surface area contributed by atoms with Gasteiger partial charge in [-0.05, 0) is 19.1 Å². The molecule has 1 atom stereocenters. The Morgan fingerprint density at radius 2 is 2.21 bits per heavy atom. The van der Waals surface area contributed by atoms with E-state index in [1.54, 1.807) is 19.2 Å². The van der Waals surface area contributed by atoms with E-state index in [1.807, 2.05) is 24.3 Å². The first-order chi connectivity index (χ1) is 9.22. The van der Waals surface area contributed by atoms with Crippen LogP contribution in [0.4, 0.5) is 0 Å². The van der Waals surface area contributed by atoms with Crippen molar-refractivity contribution in [3.63, 3.8) is 0 Å². The quantitative estimate of drug-likeness (QED) is 0.610. The zero-order chi connectivity index (χ0) is 13.7. The monoisotopic (exact) mass is 257 g/mol. The maximum absolute atomic E-state index is 11.6. The number of benzene rings is 1. The van der Waals surface area contributed by atoms with Crippen LogP contribution >= 0.6 is 0 Å². The fourth-order valence-corrected chi connectivity index (χ4v) is 1.67. The van der Waals surface area contributed by atoms with E-state index in [-0.39, 0.29) is 6.61 Å². The number of fused-ring (bicyclic) bond motifs is 1. The fourth-order valence-electron chi connectivity index (χ4n) is 1.67. The molecule has 98 valence electrons. The Hall–Kier alpha value is -2.36. The van der Waals surface area contributed by atoms with Crippen LogP contribution in [0, 0.1) is 0 Å². The summed E-state index contributed by atoms with van der Waals surface area (Å²) in [5, 5.41) is 0.964. The van der Waals surface area contributed by atoms with Gasteiger partial charge in [-0.15, -0.1) is 0 Å². The van der Waals surface area contributed by atoms with Gasteiger partial charge in [0, 0.05) is 11.6 Å². The van der Waals surface area contributed by atoms with Crippen molar-refractivity contribution in [3.8, 4) is 5.75 Å². The van der Waals surface area contributed by atoms with E-state index < -0.39 is 12.1 Å². The lowest BCUT2D eigenvalue weighted by atomic mass is 10.2. The number of aromatic nitrogens is 1. The Labute approximate surface area is 111 Å². The van der Waals surface area contributed by atoms with Crippen molar-refractivity contribution >= 4 is 16.9 Å². The largest absolute Gasteiger partial charge is 0.477 e. The summed E-state index contributed by atoms with van der Waals surface area (Å²) in [4.78, 5) is 15.9. The second-order valence-corrected chi connectivity index (χ2v) is 4.01. The molecule has 1 aromatic heterocycles. The molecule has 4 nitrogen and oxygen atoms in total. The number of pyridine rings is 1. The molecule has 1 heterocycles. The van der Waals surface area contributed by atoms with Crippen LogP contribution in [0.5, 0.6) is 5.75 Å². The molecule has 0 N–H and O–H groups in total. The predicted octanol–water partition coefficient (Wildman–Crippen LogP) is 2.73. The lowest BCUT2D eigenvalue weighted by Crippen LogP contribution is -2.26. The van der Waals surface area contributed by atoms with E-state index in [4.69, 9.17) is 9.47 Å². The smallest absolute Gasteiger partial charge is 0.347 e. The van der Waals surface area contributed by atoms with Crippen LogP contribution in [-0.2, 0) is 9.53 Å². The molecule has 0 radical (unpaired) electrons. The molecule has 0 bridgehead atoms. The van der Waals surface area contributed by atoms with Gasteiger partial charge in [0.2, 0.25) is 0 Å². The van der Waals surface area contributed by atoms with E-state index >= 15 is 0 Å². The van der Waals surface area contributed by atoms with E-state index in [0.717, 1.165) is 10.9 Å². The molecule has 0 aliphatic heterocycles. The number of hydrogen-bond acceptors (Lipinski definition) is 4. The first kappa shape index (κ1) is 13.1. The lowest BCUT2D eigenvalue weighted by Gasteiger charge is -2.14. The number of hydrogen-bond donors (Lipinski definition) is 0. The maximum atomic E-state index is 11.6. The molecule has 2 aromatic rings. The Morgan fingerprint density at radius 1 is 1.42 bits per heavy atom. The van der Waals surface area contributed by atoms with Gasteiger partial charge in [0.05, 0.1) is 0 Å². The third-order valence-corrected chi connectivity index (χ3v) is 2.57. The molecule has 4 heteroatoms. The molecule has 0 amide bonds. The van der Waals surface area contributed by atoms with E-state index in [9.17, 15) is 4.79 Å². The topological polar surface area (TPSA) is 48.4 Å². The van der Waals surface area contributed by atoms with Crippen molar-refractivity contribution in [2.75, 3.05) is 6.61 Å². The summed E-state index contributed by atoms with van der Waals surface area (Å²) >= 11 is 0. The van der Waals surface area contributed by atoms with Crippen LogP contribution in [0.15, 0.2) is 49.2 Å². The molecule has 19 heavy (non-hydrogen) atoms. The average molecular weight is 257 g/mol. The van der Waals surface area contributed by atoms with Crippen LogP contribution < -0.4 is 4.74 Å². The zero-order valence-electron chi connectivity index (χ0n) is 10.7. The first-order valence-electron chi connectivity index (χ1n) is 6.00. The highest BCUT2D eigenvalue weighted by Crippen LogP contribution is 2.24. The van der Waals surface area contributed by atoms with Gasteiger partial charge in [-0.25, -0.2) is 4.79 Å². The van der Waals surface area contributed by atoms with Gasteiger partial charge in [0.25, 0.3) is 0 Å². The molecule has 0 saturated heterocycles. The summed E-state index contributed by atoms with van der Waals surface area (Å²) in [7, 11) is 0. The standard InChI is InChI=1S/C15H15NO3/c1-3-10-18-15(17)11(2)19-13-8-4-6-12-7-5-9-16-14(12)13/h3-9,11H,1,10H2,2H3. The highest BCUT2D eigenvalue weighted by atomic mass is 16.6. The summed E-state index contributed by atoms with van der Waals surface area (Å²) in [5.74, 6) is 0.147. The molecule has 0 aliphatic carbocycles. The normalized spacial score (nSPS) is 11.8. The molecule has 0 fully saturated rings. The van der Waals surface area contributed by atoms with Crippen LogP contribution in [-0.4, -0.2) is 23.7 Å². The van der Waals surface area contributed by atoms with Crippen molar-refractivity contribution < 1.29 is 14.3 Å². The molecule has 1 aromatic carbocycles. The zero-order valence-corrected chi connectivity index (χ0v) is 10.7. The van der Waals surface area contributed by atoms with Crippen LogP contribution in [0.25, 0.3) is 10.9 Å². The number of rotatable bonds is 5. The molecular formula is C15H15NO3. The molecule has 0 saturated carbocycles. The molecule has 2 rings (SSSR count). The summed E-state index contributed by atoms with van der Waals surface area (Å²) in [6, 6.07) is 9.38. The minimum atomic E-state index is -0.687.